The molecule has 1 N–H and O–H groups in total. The van der Waals surface area contributed by atoms with E-state index in [0.29, 0.717) is 17.2 Å². The van der Waals surface area contributed by atoms with Crippen molar-refractivity contribution in [2.45, 2.75) is 77.7 Å². The van der Waals surface area contributed by atoms with Gasteiger partial charge in [0.05, 0.1) is 11.5 Å². The van der Waals surface area contributed by atoms with E-state index in [9.17, 15) is 19.7 Å². The van der Waals surface area contributed by atoms with Gasteiger partial charge in [-0.05, 0) is 90.1 Å². The Bertz CT molecular complexity index is 1820. The third kappa shape index (κ3) is 11.3. The van der Waals surface area contributed by atoms with Crippen molar-refractivity contribution in [3.63, 3.8) is 0 Å². The molecule has 0 saturated carbocycles. The number of aryl methyl sites for hydroxylation is 3. The Labute approximate surface area is 308 Å². The van der Waals surface area contributed by atoms with E-state index in [0.717, 1.165) is 16.7 Å². The smallest absolute Gasteiger partial charge is 0.484 e. The van der Waals surface area contributed by atoms with Gasteiger partial charge < -0.3 is 38.5 Å². The first-order valence-electron chi connectivity index (χ1n) is 17.1. The van der Waals surface area contributed by atoms with Crippen LogP contribution in [0.15, 0.2) is 97.1 Å². The molecule has 0 bridgehead atoms. The number of hydrogen-bond donors (Lipinski definition) is 1. The minimum absolute atomic E-state index is 0.0456. The zero-order valence-electron chi connectivity index (χ0n) is 30.5. The number of nitrogens with one attached hydrogen (secondary N) is 1. The van der Waals surface area contributed by atoms with Crippen molar-refractivity contribution in [1.29, 1.82) is 0 Å². The molecule has 1 aliphatic rings. The lowest BCUT2D eigenvalue weighted by Crippen LogP contribution is -2.66. The number of non-ortho nitro benzene ring substituents is 1. The highest BCUT2D eigenvalue weighted by atomic mass is 16.7. The van der Waals surface area contributed by atoms with Gasteiger partial charge in [0.15, 0.2) is 18.3 Å². The molecule has 0 radical (unpaired) electrons. The highest BCUT2D eigenvalue weighted by Crippen LogP contribution is 2.33. The number of carbonyl (C=O) groups is 2. The molecule has 1 saturated heterocycles. The largest absolute Gasteiger partial charge is 0.513 e. The summed E-state index contributed by atoms with van der Waals surface area (Å²) >= 11 is 0. The molecule has 1 fully saturated rings. The van der Waals surface area contributed by atoms with Gasteiger partial charge in [0, 0.05) is 12.1 Å². The highest BCUT2D eigenvalue weighted by Gasteiger charge is 2.51. The third-order valence-electron chi connectivity index (χ3n) is 8.07. The first-order valence-corrected chi connectivity index (χ1v) is 17.1. The lowest BCUT2D eigenvalue weighted by molar-refractivity contribution is -0.384. The van der Waals surface area contributed by atoms with Crippen LogP contribution in [0.4, 0.5) is 15.3 Å². The van der Waals surface area contributed by atoms with E-state index in [2.05, 4.69) is 5.32 Å². The van der Waals surface area contributed by atoms with Crippen LogP contribution in [0, 0.1) is 30.9 Å². The highest BCUT2D eigenvalue weighted by molar-refractivity contribution is 5.67. The number of rotatable bonds is 12. The van der Waals surface area contributed by atoms with E-state index >= 15 is 0 Å². The fourth-order valence-corrected chi connectivity index (χ4v) is 5.44. The van der Waals surface area contributed by atoms with Crippen molar-refractivity contribution in [1.82, 2.24) is 5.32 Å². The SMILES string of the molecule is Cc1ccc(O[C@@H]2[C@@H](Oc3ccc(C)cc3)[C@H](CNC(=O)OC(C)(C)C)O[C@H](COC(=O)Oc3ccc([N+](=O)[O-])cc3)[C@@H]2Oc2ccc(C)cc2)cc1. The van der Waals surface area contributed by atoms with Crippen molar-refractivity contribution in [3.05, 3.63) is 124 Å². The molecular weight excluding hydrogens is 684 g/mol. The van der Waals surface area contributed by atoms with Gasteiger partial charge in [0.1, 0.15) is 47.4 Å². The number of nitrogens with zero attached hydrogens (tertiary/aromatic N) is 1. The van der Waals surface area contributed by atoms with Crippen molar-refractivity contribution in [2.75, 3.05) is 13.2 Å². The van der Waals surface area contributed by atoms with Gasteiger partial charge in [-0.1, -0.05) is 53.1 Å². The maximum absolute atomic E-state index is 12.9. The van der Waals surface area contributed by atoms with Crippen LogP contribution in [0.5, 0.6) is 23.0 Å². The molecule has 13 nitrogen and oxygen atoms in total. The summed E-state index contributed by atoms with van der Waals surface area (Å²) in [6, 6.07) is 27.4. The summed E-state index contributed by atoms with van der Waals surface area (Å²) in [6.07, 6.45) is -6.33. The summed E-state index contributed by atoms with van der Waals surface area (Å²) in [6.45, 7) is 10.7. The van der Waals surface area contributed by atoms with Crippen molar-refractivity contribution in [2.24, 2.45) is 0 Å². The number of carbonyl (C=O) groups excluding carboxylic acids is 2. The van der Waals surface area contributed by atoms with Gasteiger partial charge in [-0.25, -0.2) is 9.59 Å². The van der Waals surface area contributed by atoms with E-state index in [1.807, 2.05) is 93.6 Å². The molecule has 5 rings (SSSR count). The van der Waals surface area contributed by atoms with Crippen LogP contribution in [-0.4, -0.2) is 66.4 Å². The molecule has 0 aromatic heterocycles. The third-order valence-corrected chi connectivity index (χ3v) is 8.07. The molecule has 1 heterocycles. The van der Waals surface area contributed by atoms with Gasteiger partial charge in [0.25, 0.3) is 5.69 Å². The molecule has 13 heteroatoms. The van der Waals surface area contributed by atoms with E-state index < -0.39 is 53.3 Å². The molecule has 5 atom stereocenters. The van der Waals surface area contributed by atoms with Gasteiger partial charge in [0.2, 0.25) is 0 Å². The number of nitro benzene ring substituents is 1. The molecule has 0 spiro atoms. The average molecular weight is 729 g/mol. The predicted octanol–water partition coefficient (Wildman–Crippen LogP) is 7.67. The van der Waals surface area contributed by atoms with Crippen LogP contribution in [0.1, 0.15) is 37.5 Å². The van der Waals surface area contributed by atoms with Crippen LogP contribution in [-0.2, 0) is 14.2 Å². The number of alkyl carbamates (subject to hydrolysis) is 1. The lowest BCUT2D eigenvalue weighted by atomic mass is 9.93. The topological polar surface area (TPSA) is 154 Å². The van der Waals surface area contributed by atoms with Crippen LogP contribution in [0.3, 0.4) is 0 Å². The van der Waals surface area contributed by atoms with Gasteiger partial charge in [-0.15, -0.1) is 0 Å². The Morgan fingerprint density at radius 1 is 0.679 bits per heavy atom. The minimum Gasteiger partial charge on any atom is -0.484 e. The van der Waals surface area contributed by atoms with Crippen LogP contribution < -0.4 is 24.3 Å². The fourth-order valence-electron chi connectivity index (χ4n) is 5.44. The first-order chi connectivity index (χ1) is 25.2. The second-order valence-corrected chi connectivity index (χ2v) is 13.7. The maximum Gasteiger partial charge on any atom is 0.513 e. The molecule has 0 aliphatic carbocycles. The lowest BCUT2D eigenvalue weighted by Gasteiger charge is -2.45. The van der Waals surface area contributed by atoms with Crippen molar-refractivity contribution >= 4 is 17.9 Å². The summed E-state index contributed by atoms with van der Waals surface area (Å²) in [5.74, 6) is 1.59. The molecular formula is C40H44N2O11. The normalized spacial score (nSPS) is 19.7. The predicted molar refractivity (Wildman–Crippen MR) is 195 cm³/mol. The maximum atomic E-state index is 12.9. The van der Waals surface area contributed by atoms with Gasteiger partial charge >= 0.3 is 12.2 Å². The Morgan fingerprint density at radius 3 is 1.57 bits per heavy atom. The summed E-state index contributed by atoms with van der Waals surface area (Å²) in [5, 5.41) is 13.8. The van der Waals surface area contributed by atoms with Gasteiger partial charge in [-0.3, -0.25) is 10.1 Å². The monoisotopic (exact) mass is 728 g/mol. The van der Waals surface area contributed by atoms with Gasteiger partial charge in [-0.2, -0.15) is 0 Å². The zero-order chi connectivity index (χ0) is 38.1. The molecule has 1 amide bonds. The van der Waals surface area contributed by atoms with E-state index in [-0.39, 0.29) is 24.6 Å². The Kier molecular flexibility index (Phi) is 12.4. The minimum atomic E-state index is -1.07. The van der Waals surface area contributed by atoms with E-state index in [1.165, 1.54) is 24.3 Å². The van der Waals surface area contributed by atoms with Crippen molar-refractivity contribution < 1.29 is 47.7 Å². The number of benzene rings is 4. The molecule has 53 heavy (non-hydrogen) atoms. The molecule has 4 aromatic carbocycles. The summed E-state index contributed by atoms with van der Waals surface area (Å²) in [4.78, 5) is 36.3. The van der Waals surface area contributed by atoms with E-state index in [1.54, 1.807) is 20.8 Å². The summed E-state index contributed by atoms with van der Waals surface area (Å²) in [5.41, 5.74) is 2.17. The Hall–Kier alpha value is -5.82. The van der Waals surface area contributed by atoms with Crippen LogP contribution in [0.25, 0.3) is 0 Å². The first kappa shape index (κ1) is 38.4. The molecule has 4 aromatic rings. The number of nitro groups is 1. The van der Waals surface area contributed by atoms with Crippen LogP contribution in [0.2, 0.25) is 0 Å². The number of hydrogen-bond acceptors (Lipinski definition) is 11. The van der Waals surface area contributed by atoms with E-state index in [4.69, 9.17) is 33.2 Å². The second-order valence-electron chi connectivity index (χ2n) is 13.7. The quantitative estimate of drug-likeness (QED) is 0.0662. The zero-order valence-corrected chi connectivity index (χ0v) is 30.5. The van der Waals surface area contributed by atoms with Crippen molar-refractivity contribution in [3.8, 4) is 23.0 Å². The summed E-state index contributed by atoms with van der Waals surface area (Å²) < 4.78 is 42.9. The summed E-state index contributed by atoms with van der Waals surface area (Å²) in [7, 11) is 0. The molecule has 280 valence electrons. The second kappa shape index (κ2) is 17.1. The number of ether oxygens (including phenoxy) is 7. The fraction of sp³-hybridized carbons (Fsp3) is 0.350. The molecule has 0 unspecified atom stereocenters. The number of amides is 1. The molecule has 1 aliphatic heterocycles. The standard InChI is InChI=1S/C40H44N2O11/c1-25-7-15-29(16-8-25)48-35-33(23-41-38(43)53-40(4,5)6)52-34(24-47-39(44)51-32-21-13-28(14-22-32)42(45)46)36(49-30-17-9-26(2)10-18-30)37(35)50-31-19-11-27(3)12-20-31/h7-22,33-37H,23-24H2,1-6H3,(H,41,43)/t33-,34+,35-,36-,37+/m0/s1. The Morgan fingerprint density at radius 2 is 1.11 bits per heavy atom. The Balaban J connectivity index is 1.50. The average Bonchev–Trinajstić information content (AvgIpc) is 3.10. The van der Waals surface area contributed by atoms with Crippen LogP contribution >= 0.6 is 0 Å².